The summed E-state index contributed by atoms with van der Waals surface area (Å²) in [5, 5.41) is 12.1. The second-order valence-electron chi connectivity index (χ2n) is 4.22. The molecule has 0 spiro atoms. The lowest BCUT2D eigenvalue weighted by Gasteiger charge is -2.09. The molecule has 2 aromatic carbocycles. The van der Waals surface area contributed by atoms with Gasteiger partial charge in [0.2, 0.25) is 0 Å². The highest BCUT2D eigenvalue weighted by atomic mass is 79.9. The Balaban J connectivity index is 2.32. The van der Waals surface area contributed by atoms with Crippen LogP contribution >= 0.6 is 15.9 Å². The van der Waals surface area contributed by atoms with E-state index >= 15 is 0 Å². The molecular formula is C14H11BrN2O2S. The number of halogens is 1. The molecule has 0 heterocycles. The molecule has 0 radical (unpaired) electrons. The van der Waals surface area contributed by atoms with Crippen molar-refractivity contribution in [3.8, 4) is 6.07 Å². The summed E-state index contributed by atoms with van der Waals surface area (Å²) in [5.41, 5.74) is 1.89. The fourth-order valence-electron chi connectivity index (χ4n) is 1.66. The van der Waals surface area contributed by atoms with Crippen LogP contribution in [0, 0.1) is 11.3 Å². The topological polar surface area (TPSA) is 70.0 Å². The molecule has 6 heteroatoms. The van der Waals surface area contributed by atoms with Crippen molar-refractivity contribution >= 4 is 37.1 Å². The zero-order valence-electron chi connectivity index (χ0n) is 10.6. The van der Waals surface area contributed by atoms with E-state index in [-0.39, 0.29) is 4.90 Å². The predicted molar refractivity (Wildman–Crippen MR) is 81.7 cm³/mol. The summed E-state index contributed by atoms with van der Waals surface area (Å²) in [5.74, 6) is 0. The molecule has 0 amide bonds. The average molecular weight is 351 g/mol. The van der Waals surface area contributed by atoms with Gasteiger partial charge in [-0.1, -0.05) is 15.9 Å². The van der Waals surface area contributed by atoms with Crippen molar-refractivity contribution in [3.63, 3.8) is 0 Å². The molecule has 0 unspecified atom stereocenters. The minimum absolute atomic E-state index is 0.262. The van der Waals surface area contributed by atoms with Gasteiger partial charge >= 0.3 is 0 Å². The molecule has 0 bridgehead atoms. The third-order valence-corrected chi connectivity index (χ3v) is 4.29. The molecule has 102 valence electrons. The highest BCUT2D eigenvalue weighted by Gasteiger charge is 2.07. The third-order valence-electron chi connectivity index (χ3n) is 2.66. The second kappa shape index (κ2) is 5.65. The van der Waals surface area contributed by atoms with Gasteiger partial charge in [-0.05, 0) is 42.5 Å². The fourth-order valence-corrected chi connectivity index (χ4v) is 2.65. The highest BCUT2D eigenvalue weighted by molar-refractivity contribution is 9.10. The van der Waals surface area contributed by atoms with Crippen LogP contribution in [0.3, 0.4) is 0 Å². The molecule has 0 aromatic heterocycles. The van der Waals surface area contributed by atoms with Crippen molar-refractivity contribution in [1.82, 2.24) is 0 Å². The van der Waals surface area contributed by atoms with Crippen LogP contribution in [0.4, 0.5) is 11.4 Å². The van der Waals surface area contributed by atoms with Gasteiger partial charge in [-0.25, -0.2) is 8.42 Å². The Morgan fingerprint density at radius 3 is 2.35 bits per heavy atom. The Morgan fingerprint density at radius 2 is 1.80 bits per heavy atom. The number of hydrogen-bond donors (Lipinski definition) is 1. The minimum Gasteiger partial charge on any atom is -0.354 e. The van der Waals surface area contributed by atoms with Crippen LogP contribution in [0.15, 0.2) is 51.8 Å². The van der Waals surface area contributed by atoms with E-state index in [1.165, 1.54) is 12.1 Å². The molecule has 2 aromatic rings. The first-order valence-electron chi connectivity index (χ1n) is 5.67. The molecular weight excluding hydrogens is 340 g/mol. The molecule has 0 saturated heterocycles. The monoisotopic (exact) mass is 350 g/mol. The predicted octanol–water partition coefficient (Wildman–Crippen LogP) is 3.47. The molecule has 1 N–H and O–H groups in total. The molecule has 20 heavy (non-hydrogen) atoms. The second-order valence-corrected chi connectivity index (χ2v) is 7.15. The number of hydrogen-bond acceptors (Lipinski definition) is 4. The number of nitrogens with one attached hydrogen (secondary N) is 1. The summed E-state index contributed by atoms with van der Waals surface area (Å²) < 4.78 is 23.6. The SMILES string of the molecule is CS(=O)(=O)c1ccc(Nc2cc(Br)ccc2C#N)cc1. The first-order chi connectivity index (χ1) is 9.40. The largest absolute Gasteiger partial charge is 0.354 e. The standard InChI is InChI=1S/C14H11BrN2O2S/c1-20(18,19)13-6-4-12(5-7-13)17-14-8-11(15)3-2-10(14)9-16/h2-8,17H,1H3. The lowest BCUT2D eigenvalue weighted by Crippen LogP contribution is -1.98. The normalized spacial score (nSPS) is 10.8. The Hall–Kier alpha value is -1.84. The minimum atomic E-state index is -3.20. The Kier molecular flexibility index (Phi) is 4.12. The van der Waals surface area contributed by atoms with Gasteiger partial charge in [-0.15, -0.1) is 0 Å². The molecule has 2 rings (SSSR count). The van der Waals surface area contributed by atoms with Crippen LogP contribution < -0.4 is 5.32 Å². The number of benzene rings is 2. The van der Waals surface area contributed by atoms with Crippen molar-refractivity contribution in [2.24, 2.45) is 0 Å². The maximum atomic E-state index is 11.4. The van der Waals surface area contributed by atoms with E-state index in [9.17, 15) is 8.42 Å². The Morgan fingerprint density at radius 1 is 1.15 bits per heavy atom. The highest BCUT2D eigenvalue weighted by Crippen LogP contribution is 2.25. The van der Waals surface area contributed by atoms with Crippen LogP contribution in [-0.2, 0) is 9.84 Å². The lowest BCUT2D eigenvalue weighted by atomic mass is 10.2. The van der Waals surface area contributed by atoms with E-state index in [1.54, 1.807) is 30.3 Å². The van der Waals surface area contributed by atoms with Gasteiger partial charge in [-0.2, -0.15) is 5.26 Å². The van der Waals surface area contributed by atoms with Gasteiger partial charge in [0, 0.05) is 16.4 Å². The van der Waals surface area contributed by atoms with E-state index < -0.39 is 9.84 Å². The summed E-state index contributed by atoms with van der Waals surface area (Å²) in [7, 11) is -3.20. The van der Waals surface area contributed by atoms with E-state index in [0.717, 1.165) is 10.7 Å². The van der Waals surface area contributed by atoms with Gasteiger partial charge in [0.1, 0.15) is 6.07 Å². The number of nitrogens with zero attached hydrogens (tertiary/aromatic N) is 1. The van der Waals surface area contributed by atoms with Crippen LogP contribution in [0.5, 0.6) is 0 Å². The fraction of sp³-hybridized carbons (Fsp3) is 0.0714. The Labute approximate surface area is 126 Å². The molecule has 0 aliphatic heterocycles. The molecule has 4 nitrogen and oxygen atoms in total. The number of nitriles is 1. The summed E-state index contributed by atoms with van der Waals surface area (Å²) >= 11 is 3.35. The van der Waals surface area contributed by atoms with Gasteiger partial charge < -0.3 is 5.32 Å². The van der Waals surface area contributed by atoms with Crippen molar-refractivity contribution < 1.29 is 8.42 Å². The quantitative estimate of drug-likeness (QED) is 0.919. The van der Waals surface area contributed by atoms with Crippen LogP contribution in [0.25, 0.3) is 0 Å². The van der Waals surface area contributed by atoms with E-state index in [4.69, 9.17) is 5.26 Å². The zero-order chi connectivity index (χ0) is 14.8. The van der Waals surface area contributed by atoms with Crippen molar-refractivity contribution in [2.45, 2.75) is 4.90 Å². The van der Waals surface area contributed by atoms with Gasteiger partial charge in [0.25, 0.3) is 0 Å². The summed E-state index contributed by atoms with van der Waals surface area (Å²) in [6.07, 6.45) is 1.16. The number of rotatable bonds is 3. The number of sulfone groups is 1. The van der Waals surface area contributed by atoms with Crippen LogP contribution in [0.1, 0.15) is 5.56 Å². The lowest BCUT2D eigenvalue weighted by molar-refractivity contribution is 0.602. The smallest absolute Gasteiger partial charge is 0.175 e. The van der Waals surface area contributed by atoms with Crippen molar-refractivity contribution in [2.75, 3.05) is 11.6 Å². The molecule has 0 aliphatic rings. The summed E-state index contributed by atoms with van der Waals surface area (Å²) in [6.45, 7) is 0. The van der Waals surface area contributed by atoms with Gasteiger partial charge in [0.05, 0.1) is 16.1 Å². The molecule has 0 aliphatic carbocycles. The summed E-state index contributed by atoms with van der Waals surface area (Å²) in [4.78, 5) is 0.262. The van der Waals surface area contributed by atoms with Gasteiger partial charge in [-0.3, -0.25) is 0 Å². The third kappa shape index (κ3) is 3.38. The van der Waals surface area contributed by atoms with E-state index in [0.29, 0.717) is 16.9 Å². The first kappa shape index (κ1) is 14.6. The van der Waals surface area contributed by atoms with Crippen molar-refractivity contribution in [3.05, 3.63) is 52.5 Å². The Bertz CT molecular complexity index is 778. The van der Waals surface area contributed by atoms with E-state index in [1.807, 2.05) is 0 Å². The molecule has 0 atom stereocenters. The maximum Gasteiger partial charge on any atom is 0.175 e. The average Bonchev–Trinajstić information content (AvgIpc) is 2.38. The van der Waals surface area contributed by atoms with E-state index in [2.05, 4.69) is 27.3 Å². The molecule has 0 saturated carbocycles. The van der Waals surface area contributed by atoms with Crippen molar-refractivity contribution in [1.29, 1.82) is 5.26 Å². The zero-order valence-corrected chi connectivity index (χ0v) is 13.0. The molecule has 0 fully saturated rings. The maximum absolute atomic E-state index is 11.4. The van der Waals surface area contributed by atoms with Crippen LogP contribution in [-0.4, -0.2) is 14.7 Å². The van der Waals surface area contributed by atoms with Crippen LogP contribution in [0.2, 0.25) is 0 Å². The van der Waals surface area contributed by atoms with Gasteiger partial charge in [0.15, 0.2) is 9.84 Å². The summed E-state index contributed by atoms with van der Waals surface area (Å²) in [6, 6.07) is 13.8. The number of anilines is 2. The first-order valence-corrected chi connectivity index (χ1v) is 8.35.